The summed E-state index contributed by atoms with van der Waals surface area (Å²) in [6.45, 7) is 3.29. The van der Waals surface area contributed by atoms with Gasteiger partial charge in [-0.1, -0.05) is 36.7 Å². The minimum atomic E-state index is -4.67. The van der Waals surface area contributed by atoms with Crippen LogP contribution >= 0.6 is 11.6 Å². The zero-order valence-electron chi connectivity index (χ0n) is 15.9. The first-order valence-corrected chi connectivity index (χ1v) is 10.8. The summed E-state index contributed by atoms with van der Waals surface area (Å²) in [6.07, 6.45) is -3.73. The molecule has 1 atom stereocenters. The number of halogens is 4. The molecule has 0 bridgehead atoms. The maximum absolute atomic E-state index is 13.2. The second-order valence-electron chi connectivity index (χ2n) is 6.45. The molecule has 0 radical (unpaired) electrons. The molecule has 2 aromatic rings. The fourth-order valence-corrected chi connectivity index (χ4v) is 4.21. The van der Waals surface area contributed by atoms with Crippen LogP contribution in [-0.2, 0) is 21.0 Å². The van der Waals surface area contributed by atoms with Gasteiger partial charge in [0.1, 0.15) is 6.04 Å². The molecule has 2 rings (SSSR count). The van der Waals surface area contributed by atoms with Crippen molar-refractivity contribution in [2.24, 2.45) is 0 Å². The highest BCUT2D eigenvalue weighted by molar-refractivity contribution is 7.92. The van der Waals surface area contributed by atoms with Gasteiger partial charge in [-0.2, -0.15) is 13.2 Å². The molecule has 2 aromatic carbocycles. The van der Waals surface area contributed by atoms with Crippen molar-refractivity contribution >= 4 is 38.9 Å². The fraction of sp³-hybridized carbons (Fsp3) is 0.316. The normalized spacial score (nSPS) is 13.1. The predicted molar refractivity (Wildman–Crippen MR) is 108 cm³/mol. The molecule has 29 heavy (non-hydrogen) atoms. The Morgan fingerprint density at radius 3 is 2.34 bits per heavy atom. The summed E-state index contributed by atoms with van der Waals surface area (Å²) in [5.74, 6) is -0.883. The van der Waals surface area contributed by atoms with Gasteiger partial charge in [0.05, 0.1) is 23.2 Å². The minimum absolute atomic E-state index is 0.0264. The van der Waals surface area contributed by atoms with Crippen LogP contribution in [0.5, 0.6) is 0 Å². The average molecular weight is 449 g/mol. The quantitative estimate of drug-likeness (QED) is 0.687. The predicted octanol–water partition coefficient (Wildman–Crippen LogP) is 4.85. The van der Waals surface area contributed by atoms with Crippen molar-refractivity contribution in [1.82, 2.24) is 0 Å². The van der Waals surface area contributed by atoms with E-state index in [-0.39, 0.29) is 12.1 Å². The van der Waals surface area contributed by atoms with E-state index in [0.717, 1.165) is 22.7 Å². The third kappa shape index (κ3) is 5.42. The van der Waals surface area contributed by atoms with Crippen molar-refractivity contribution in [3.05, 3.63) is 58.6 Å². The number of carbonyl (C=O) groups is 1. The summed E-state index contributed by atoms with van der Waals surface area (Å²) in [6, 6.07) is 7.71. The number of carbonyl (C=O) groups excluding carboxylic acids is 1. The van der Waals surface area contributed by atoms with Crippen LogP contribution in [0.2, 0.25) is 5.02 Å². The maximum Gasteiger partial charge on any atom is 0.418 e. The molecule has 10 heteroatoms. The lowest BCUT2D eigenvalue weighted by atomic mass is 10.1. The van der Waals surface area contributed by atoms with Crippen molar-refractivity contribution in [1.29, 1.82) is 0 Å². The van der Waals surface area contributed by atoms with Crippen molar-refractivity contribution in [3.63, 3.8) is 0 Å². The summed E-state index contributed by atoms with van der Waals surface area (Å²) in [7, 11) is -3.94. The van der Waals surface area contributed by atoms with Gasteiger partial charge in [-0.15, -0.1) is 0 Å². The third-order valence-electron chi connectivity index (χ3n) is 4.23. The Hall–Kier alpha value is -2.26. The Morgan fingerprint density at radius 2 is 1.83 bits per heavy atom. The van der Waals surface area contributed by atoms with Crippen LogP contribution in [0.15, 0.2) is 42.5 Å². The molecule has 5 nitrogen and oxygen atoms in total. The maximum atomic E-state index is 13.2. The molecular formula is C19H20ClF3N2O3S. The second kappa shape index (κ2) is 8.62. The molecule has 0 heterocycles. The Morgan fingerprint density at radius 1 is 1.21 bits per heavy atom. The number of nitrogens with one attached hydrogen (secondary N) is 1. The zero-order chi connectivity index (χ0) is 22.0. The fourth-order valence-electron chi connectivity index (χ4n) is 2.83. The van der Waals surface area contributed by atoms with Gasteiger partial charge in [0.25, 0.3) is 0 Å². The number of anilines is 2. The molecule has 0 aromatic heterocycles. The van der Waals surface area contributed by atoms with Gasteiger partial charge in [-0.25, -0.2) is 8.42 Å². The lowest BCUT2D eigenvalue weighted by Crippen LogP contribution is -2.47. The summed E-state index contributed by atoms with van der Waals surface area (Å²) >= 11 is 6.09. The van der Waals surface area contributed by atoms with E-state index in [2.05, 4.69) is 5.32 Å². The number of benzene rings is 2. The van der Waals surface area contributed by atoms with E-state index in [1.807, 2.05) is 0 Å². The summed E-state index contributed by atoms with van der Waals surface area (Å²) in [4.78, 5) is 12.8. The summed E-state index contributed by atoms with van der Waals surface area (Å²) < 4.78 is 65.3. The molecule has 1 N–H and O–H groups in total. The molecule has 0 saturated heterocycles. The standard InChI is InChI=1S/C19H20ClF3N2O3S/c1-4-17(18(26)24-16-8-6-5-7-14(16)19(21,22)23)25(29(3,27)28)13-10-9-12(2)15(20)11-13/h5-11,17H,4H2,1-3H3,(H,24,26)/t17-/m1/s1. The van der Waals surface area contributed by atoms with E-state index in [1.165, 1.54) is 24.3 Å². The van der Waals surface area contributed by atoms with E-state index in [1.54, 1.807) is 19.9 Å². The van der Waals surface area contributed by atoms with E-state index in [0.29, 0.717) is 10.6 Å². The van der Waals surface area contributed by atoms with Gasteiger partial charge < -0.3 is 5.32 Å². The van der Waals surface area contributed by atoms with Crippen LogP contribution in [0.25, 0.3) is 0 Å². The Labute approximate surface area is 172 Å². The molecule has 0 saturated carbocycles. The lowest BCUT2D eigenvalue weighted by Gasteiger charge is -2.30. The van der Waals surface area contributed by atoms with Crippen molar-refractivity contribution in [3.8, 4) is 0 Å². The van der Waals surface area contributed by atoms with Gasteiger partial charge >= 0.3 is 6.18 Å². The lowest BCUT2D eigenvalue weighted by molar-refractivity contribution is -0.137. The van der Waals surface area contributed by atoms with E-state index in [4.69, 9.17) is 11.6 Å². The number of amides is 1. The largest absolute Gasteiger partial charge is 0.418 e. The van der Waals surface area contributed by atoms with Crippen molar-refractivity contribution in [2.45, 2.75) is 32.5 Å². The number of rotatable bonds is 6. The van der Waals surface area contributed by atoms with Gasteiger partial charge in [0.15, 0.2) is 0 Å². The highest BCUT2D eigenvalue weighted by Gasteiger charge is 2.36. The molecule has 0 aliphatic heterocycles. The van der Waals surface area contributed by atoms with E-state index >= 15 is 0 Å². The monoisotopic (exact) mass is 448 g/mol. The van der Waals surface area contributed by atoms with E-state index < -0.39 is 39.4 Å². The van der Waals surface area contributed by atoms with Crippen LogP contribution in [0.3, 0.4) is 0 Å². The molecule has 1 amide bonds. The van der Waals surface area contributed by atoms with Crippen molar-refractivity contribution in [2.75, 3.05) is 15.9 Å². The first-order valence-electron chi connectivity index (χ1n) is 8.59. The van der Waals surface area contributed by atoms with Crippen molar-refractivity contribution < 1.29 is 26.4 Å². The highest BCUT2D eigenvalue weighted by atomic mass is 35.5. The number of hydrogen-bond donors (Lipinski definition) is 1. The summed E-state index contributed by atoms with van der Waals surface area (Å²) in [5, 5.41) is 2.52. The van der Waals surface area contributed by atoms with Gasteiger partial charge in [0, 0.05) is 5.02 Å². The van der Waals surface area contributed by atoms with Crippen LogP contribution in [0, 0.1) is 6.92 Å². The number of para-hydroxylation sites is 1. The molecule has 158 valence electrons. The SMILES string of the molecule is CC[C@H](C(=O)Nc1ccccc1C(F)(F)F)N(c1ccc(C)c(Cl)c1)S(C)(=O)=O. The first-order chi connectivity index (χ1) is 13.4. The second-order valence-corrected chi connectivity index (χ2v) is 8.72. The molecular weight excluding hydrogens is 429 g/mol. The van der Waals surface area contributed by atoms with Gasteiger partial charge in [0.2, 0.25) is 15.9 Å². The van der Waals surface area contributed by atoms with Crippen LogP contribution in [-0.4, -0.2) is 26.6 Å². The summed E-state index contributed by atoms with van der Waals surface area (Å²) in [5.41, 5.74) is -0.610. The molecule has 0 spiro atoms. The molecule has 0 unspecified atom stereocenters. The Balaban J connectivity index is 2.46. The topological polar surface area (TPSA) is 66.5 Å². The molecule has 0 aliphatic rings. The van der Waals surface area contributed by atoms with Crippen LogP contribution < -0.4 is 9.62 Å². The van der Waals surface area contributed by atoms with Crippen LogP contribution in [0.1, 0.15) is 24.5 Å². The van der Waals surface area contributed by atoms with Crippen LogP contribution in [0.4, 0.5) is 24.5 Å². The first kappa shape index (κ1) is 23.0. The highest BCUT2D eigenvalue weighted by Crippen LogP contribution is 2.35. The number of nitrogens with zero attached hydrogens (tertiary/aromatic N) is 1. The number of sulfonamides is 1. The third-order valence-corrected chi connectivity index (χ3v) is 5.82. The average Bonchev–Trinajstić information content (AvgIpc) is 2.60. The number of aryl methyl sites for hydroxylation is 1. The van der Waals surface area contributed by atoms with Gasteiger partial charge in [-0.3, -0.25) is 9.10 Å². The molecule has 0 aliphatic carbocycles. The zero-order valence-corrected chi connectivity index (χ0v) is 17.5. The Kier molecular flexibility index (Phi) is 6.85. The Bertz CT molecular complexity index is 1010. The number of hydrogen-bond acceptors (Lipinski definition) is 3. The van der Waals surface area contributed by atoms with E-state index in [9.17, 15) is 26.4 Å². The smallest absolute Gasteiger partial charge is 0.324 e. The van der Waals surface area contributed by atoms with Gasteiger partial charge in [-0.05, 0) is 43.2 Å². The molecule has 0 fully saturated rings. The minimum Gasteiger partial charge on any atom is -0.324 e. The number of alkyl halides is 3.